The first kappa shape index (κ1) is 15.3. The number of nitrogens with zero attached hydrogens (tertiary/aromatic N) is 2. The summed E-state index contributed by atoms with van der Waals surface area (Å²) in [5, 5.41) is 13.4. The topological polar surface area (TPSA) is 90.0 Å². The number of carboxylic acids is 1. The number of nitrogens with one attached hydrogen (secondary N) is 1. The second-order valence-corrected chi connectivity index (χ2v) is 5.76. The van der Waals surface area contributed by atoms with Gasteiger partial charge in [-0.25, -0.2) is 9.59 Å². The predicted octanol–water partition coefficient (Wildman–Crippen LogP) is 1.53. The molecule has 8 heteroatoms. The van der Waals surface area contributed by atoms with Gasteiger partial charge in [-0.1, -0.05) is 0 Å². The lowest BCUT2D eigenvalue weighted by molar-refractivity contribution is -0.130. The van der Waals surface area contributed by atoms with Crippen molar-refractivity contribution >= 4 is 34.2 Å². The minimum atomic E-state index is -1.10. The summed E-state index contributed by atoms with van der Waals surface area (Å²) in [4.78, 5) is 37.9. The van der Waals surface area contributed by atoms with Crippen LogP contribution in [0.1, 0.15) is 23.2 Å². The highest BCUT2D eigenvalue weighted by atomic mass is 32.1. The Morgan fingerprint density at radius 2 is 2.05 bits per heavy atom. The standard InChI is InChI=1S/C13H17N3O4S/c1-15(8-10(17)16-5-2-3-6-16)13(20)14-11-9(12(18)19)4-7-21-11/h4,7H,2-3,5-6,8H2,1H3,(H,14,20)(H,18,19). The molecule has 1 aliphatic heterocycles. The molecule has 1 aromatic rings. The van der Waals surface area contributed by atoms with Gasteiger partial charge in [0.05, 0.1) is 5.56 Å². The number of amides is 3. The van der Waals surface area contributed by atoms with Crippen molar-refractivity contribution in [1.29, 1.82) is 0 Å². The molecule has 114 valence electrons. The minimum Gasteiger partial charge on any atom is -0.478 e. The molecule has 2 heterocycles. The van der Waals surface area contributed by atoms with E-state index in [1.54, 1.807) is 10.3 Å². The number of thiophene rings is 1. The quantitative estimate of drug-likeness (QED) is 0.882. The van der Waals surface area contributed by atoms with Crippen LogP contribution in [0.5, 0.6) is 0 Å². The predicted molar refractivity (Wildman–Crippen MR) is 78.7 cm³/mol. The number of carboxylic acid groups (broad SMARTS) is 1. The van der Waals surface area contributed by atoms with Gasteiger partial charge in [0.2, 0.25) is 5.91 Å². The van der Waals surface area contributed by atoms with E-state index < -0.39 is 12.0 Å². The first-order chi connectivity index (χ1) is 9.99. The molecule has 1 aromatic heterocycles. The van der Waals surface area contributed by atoms with Gasteiger partial charge in [0, 0.05) is 20.1 Å². The Morgan fingerprint density at radius 3 is 2.67 bits per heavy atom. The molecule has 1 fully saturated rings. The number of carbonyl (C=O) groups excluding carboxylic acids is 2. The number of anilines is 1. The third kappa shape index (κ3) is 3.72. The van der Waals surface area contributed by atoms with Crippen LogP contribution in [0.2, 0.25) is 0 Å². The van der Waals surface area contributed by atoms with Crippen molar-refractivity contribution in [2.75, 3.05) is 32.0 Å². The summed E-state index contributed by atoms with van der Waals surface area (Å²) in [6.45, 7) is 1.46. The average Bonchev–Trinajstić information content (AvgIpc) is 3.09. The minimum absolute atomic E-state index is 0.0143. The molecule has 0 aromatic carbocycles. The lowest BCUT2D eigenvalue weighted by atomic mass is 10.3. The second kappa shape index (κ2) is 6.57. The summed E-state index contributed by atoms with van der Waals surface area (Å²) in [6.07, 6.45) is 2.00. The van der Waals surface area contributed by atoms with E-state index in [0.29, 0.717) is 0 Å². The lowest BCUT2D eigenvalue weighted by Gasteiger charge is -2.21. The molecule has 1 saturated heterocycles. The van der Waals surface area contributed by atoms with Crippen LogP contribution in [0, 0.1) is 0 Å². The van der Waals surface area contributed by atoms with Crippen LogP contribution in [0.25, 0.3) is 0 Å². The summed E-state index contributed by atoms with van der Waals surface area (Å²) in [5.41, 5.74) is 0.0487. The van der Waals surface area contributed by atoms with Crippen molar-refractivity contribution in [2.24, 2.45) is 0 Å². The van der Waals surface area contributed by atoms with Gasteiger partial charge in [-0.15, -0.1) is 11.3 Å². The monoisotopic (exact) mass is 311 g/mol. The summed E-state index contributed by atoms with van der Waals surface area (Å²) in [7, 11) is 1.51. The Hall–Kier alpha value is -2.09. The molecule has 21 heavy (non-hydrogen) atoms. The summed E-state index contributed by atoms with van der Waals surface area (Å²) in [5.74, 6) is -1.18. The zero-order valence-corrected chi connectivity index (χ0v) is 12.5. The van der Waals surface area contributed by atoms with Gasteiger partial charge in [0.25, 0.3) is 0 Å². The van der Waals surface area contributed by atoms with E-state index in [9.17, 15) is 14.4 Å². The number of hydrogen-bond acceptors (Lipinski definition) is 4. The average molecular weight is 311 g/mol. The van der Waals surface area contributed by atoms with Crippen molar-refractivity contribution in [2.45, 2.75) is 12.8 Å². The number of hydrogen-bond donors (Lipinski definition) is 2. The van der Waals surface area contributed by atoms with Crippen molar-refractivity contribution in [3.8, 4) is 0 Å². The number of carbonyl (C=O) groups is 3. The van der Waals surface area contributed by atoms with Crippen molar-refractivity contribution < 1.29 is 19.5 Å². The van der Waals surface area contributed by atoms with Gasteiger partial charge in [-0.3, -0.25) is 10.1 Å². The highest BCUT2D eigenvalue weighted by Crippen LogP contribution is 2.23. The van der Waals surface area contributed by atoms with Crippen LogP contribution in [0.4, 0.5) is 9.80 Å². The van der Waals surface area contributed by atoms with E-state index in [0.717, 1.165) is 37.3 Å². The van der Waals surface area contributed by atoms with Crippen LogP contribution in [0.3, 0.4) is 0 Å². The van der Waals surface area contributed by atoms with E-state index in [1.807, 2.05) is 0 Å². The largest absolute Gasteiger partial charge is 0.478 e. The molecule has 0 saturated carbocycles. The Bertz CT molecular complexity index is 551. The van der Waals surface area contributed by atoms with Gasteiger partial charge in [-0.2, -0.15) is 0 Å². The molecule has 0 aliphatic carbocycles. The lowest BCUT2D eigenvalue weighted by Crippen LogP contribution is -2.41. The maximum atomic E-state index is 12.0. The fourth-order valence-electron chi connectivity index (χ4n) is 2.11. The van der Waals surface area contributed by atoms with Crippen molar-refractivity contribution in [3.05, 3.63) is 17.0 Å². The van der Waals surface area contributed by atoms with E-state index in [4.69, 9.17) is 5.11 Å². The molecule has 0 spiro atoms. The highest BCUT2D eigenvalue weighted by Gasteiger charge is 2.22. The third-order valence-corrected chi connectivity index (χ3v) is 4.12. The van der Waals surface area contributed by atoms with Crippen molar-refractivity contribution in [3.63, 3.8) is 0 Å². The number of aromatic carboxylic acids is 1. The van der Waals surface area contributed by atoms with E-state index in [2.05, 4.69) is 5.32 Å². The first-order valence-electron chi connectivity index (χ1n) is 6.59. The number of likely N-dealkylation sites (tertiary alicyclic amines) is 1. The van der Waals surface area contributed by atoms with Gasteiger partial charge in [0.1, 0.15) is 11.5 Å². The first-order valence-corrected chi connectivity index (χ1v) is 7.47. The third-order valence-electron chi connectivity index (χ3n) is 3.29. The van der Waals surface area contributed by atoms with Gasteiger partial charge < -0.3 is 14.9 Å². The maximum absolute atomic E-state index is 12.0. The van der Waals surface area contributed by atoms with Gasteiger partial charge in [-0.05, 0) is 24.3 Å². The summed E-state index contributed by atoms with van der Waals surface area (Å²) in [6, 6.07) is 0.936. The fourth-order valence-corrected chi connectivity index (χ4v) is 2.88. The van der Waals surface area contributed by atoms with Crippen LogP contribution >= 0.6 is 11.3 Å². The molecule has 7 nitrogen and oxygen atoms in total. The second-order valence-electron chi connectivity index (χ2n) is 4.84. The Labute approximate surface area is 126 Å². The van der Waals surface area contributed by atoms with Crippen LogP contribution in [-0.4, -0.2) is 59.5 Å². The Morgan fingerprint density at radius 1 is 1.38 bits per heavy atom. The molecule has 0 unspecified atom stereocenters. The van der Waals surface area contributed by atoms with Crippen LogP contribution in [-0.2, 0) is 4.79 Å². The summed E-state index contributed by atoms with van der Waals surface area (Å²) >= 11 is 1.13. The molecule has 0 bridgehead atoms. The number of likely N-dealkylation sites (N-methyl/N-ethyl adjacent to an activating group) is 1. The SMILES string of the molecule is CN(CC(=O)N1CCCC1)C(=O)Nc1sccc1C(=O)O. The molecular weight excluding hydrogens is 294 g/mol. The molecule has 1 aliphatic rings. The Balaban J connectivity index is 1.91. The maximum Gasteiger partial charge on any atom is 0.338 e. The number of urea groups is 1. The highest BCUT2D eigenvalue weighted by molar-refractivity contribution is 7.14. The number of rotatable bonds is 4. The molecule has 0 radical (unpaired) electrons. The zero-order valence-electron chi connectivity index (χ0n) is 11.7. The fraction of sp³-hybridized carbons (Fsp3) is 0.462. The van der Waals surface area contributed by atoms with Crippen molar-refractivity contribution in [1.82, 2.24) is 9.80 Å². The zero-order chi connectivity index (χ0) is 15.4. The molecular formula is C13H17N3O4S. The van der Waals surface area contributed by atoms with Gasteiger partial charge in [0.15, 0.2) is 0 Å². The van der Waals surface area contributed by atoms with Crippen LogP contribution < -0.4 is 5.32 Å². The van der Waals surface area contributed by atoms with E-state index in [1.165, 1.54) is 18.0 Å². The Kier molecular flexibility index (Phi) is 4.79. The molecule has 3 amide bonds. The molecule has 2 N–H and O–H groups in total. The van der Waals surface area contributed by atoms with Gasteiger partial charge >= 0.3 is 12.0 Å². The molecule has 0 atom stereocenters. The molecule has 2 rings (SSSR count). The smallest absolute Gasteiger partial charge is 0.338 e. The normalized spacial score (nSPS) is 14.0. The van der Waals surface area contributed by atoms with E-state index in [-0.39, 0.29) is 23.0 Å². The van der Waals surface area contributed by atoms with Crippen LogP contribution in [0.15, 0.2) is 11.4 Å². The summed E-state index contributed by atoms with van der Waals surface area (Å²) < 4.78 is 0. The van der Waals surface area contributed by atoms with E-state index >= 15 is 0 Å².